The second-order valence-corrected chi connectivity index (χ2v) is 4.47. The van der Waals surface area contributed by atoms with Crippen LogP contribution in [0.4, 0.5) is 0 Å². The standard InChI is InChI=1S/C11H21N.ClH/c1-9-10(6-8-12-4)5-7-11(9,2)3;/h12H,5-8H2,1-4H3;1H. The van der Waals surface area contributed by atoms with E-state index in [0.717, 1.165) is 6.54 Å². The SMILES string of the molecule is CNCCC1=C(C)C(C)(C)CC1.Cl. The fourth-order valence-electron chi connectivity index (χ4n) is 1.91. The van der Waals surface area contributed by atoms with E-state index >= 15 is 0 Å². The normalized spacial score (nSPS) is 20.3. The predicted octanol–water partition coefficient (Wildman–Crippen LogP) is 3.15. The molecule has 1 aliphatic rings. The molecule has 0 fully saturated rings. The van der Waals surface area contributed by atoms with E-state index in [1.165, 1.54) is 19.3 Å². The average Bonchev–Trinajstić information content (AvgIpc) is 2.26. The number of rotatable bonds is 3. The van der Waals surface area contributed by atoms with Crippen LogP contribution in [-0.2, 0) is 0 Å². The Bertz CT molecular complexity index is 194. The summed E-state index contributed by atoms with van der Waals surface area (Å²) in [6, 6.07) is 0. The molecule has 2 heteroatoms. The highest BCUT2D eigenvalue weighted by Crippen LogP contribution is 2.42. The summed E-state index contributed by atoms with van der Waals surface area (Å²) in [7, 11) is 2.02. The van der Waals surface area contributed by atoms with Crippen LogP contribution >= 0.6 is 12.4 Å². The smallest absolute Gasteiger partial charge is 0.00145 e. The number of allylic oxidation sites excluding steroid dienone is 1. The van der Waals surface area contributed by atoms with Crippen molar-refractivity contribution in [2.75, 3.05) is 13.6 Å². The first-order valence-electron chi connectivity index (χ1n) is 4.91. The molecule has 0 aromatic heterocycles. The number of hydrogen-bond acceptors (Lipinski definition) is 1. The summed E-state index contributed by atoms with van der Waals surface area (Å²) >= 11 is 0. The number of nitrogens with one attached hydrogen (secondary N) is 1. The maximum absolute atomic E-state index is 3.21. The van der Waals surface area contributed by atoms with Crippen LogP contribution < -0.4 is 5.32 Å². The third-order valence-corrected chi connectivity index (χ3v) is 3.27. The van der Waals surface area contributed by atoms with Crippen molar-refractivity contribution in [2.45, 2.75) is 40.0 Å². The molecule has 1 nitrogen and oxygen atoms in total. The van der Waals surface area contributed by atoms with Gasteiger partial charge in [-0.15, -0.1) is 12.4 Å². The van der Waals surface area contributed by atoms with Crippen molar-refractivity contribution < 1.29 is 0 Å². The molecule has 0 bridgehead atoms. The molecule has 0 atom stereocenters. The Balaban J connectivity index is 0.00000144. The second kappa shape index (κ2) is 5.02. The van der Waals surface area contributed by atoms with Crippen molar-refractivity contribution in [3.63, 3.8) is 0 Å². The lowest BCUT2D eigenvalue weighted by Gasteiger charge is -2.19. The van der Waals surface area contributed by atoms with Gasteiger partial charge in [-0.1, -0.05) is 25.0 Å². The lowest BCUT2D eigenvalue weighted by molar-refractivity contribution is 0.443. The quantitative estimate of drug-likeness (QED) is 0.695. The summed E-state index contributed by atoms with van der Waals surface area (Å²) in [5.41, 5.74) is 3.80. The van der Waals surface area contributed by atoms with E-state index in [0.29, 0.717) is 5.41 Å². The second-order valence-electron chi connectivity index (χ2n) is 4.47. The zero-order chi connectivity index (χ0) is 9.19. The van der Waals surface area contributed by atoms with E-state index < -0.39 is 0 Å². The summed E-state index contributed by atoms with van der Waals surface area (Å²) in [5, 5.41) is 3.21. The molecule has 0 radical (unpaired) electrons. The molecule has 0 aromatic carbocycles. The van der Waals surface area contributed by atoms with Crippen molar-refractivity contribution in [1.29, 1.82) is 0 Å². The molecular weight excluding hydrogens is 182 g/mol. The highest BCUT2D eigenvalue weighted by Gasteiger charge is 2.28. The molecule has 0 unspecified atom stereocenters. The van der Waals surface area contributed by atoms with Crippen LogP contribution in [0, 0.1) is 5.41 Å². The Labute approximate surface area is 88.4 Å². The minimum Gasteiger partial charge on any atom is -0.319 e. The van der Waals surface area contributed by atoms with E-state index in [-0.39, 0.29) is 12.4 Å². The van der Waals surface area contributed by atoms with Crippen LogP contribution in [0.1, 0.15) is 40.0 Å². The topological polar surface area (TPSA) is 12.0 Å². The van der Waals surface area contributed by atoms with Gasteiger partial charge in [0.1, 0.15) is 0 Å². The van der Waals surface area contributed by atoms with Crippen molar-refractivity contribution in [3.8, 4) is 0 Å². The van der Waals surface area contributed by atoms with Gasteiger partial charge in [-0.05, 0) is 45.2 Å². The fourth-order valence-corrected chi connectivity index (χ4v) is 1.91. The van der Waals surface area contributed by atoms with Gasteiger partial charge in [-0.25, -0.2) is 0 Å². The van der Waals surface area contributed by atoms with Gasteiger partial charge in [0.05, 0.1) is 0 Å². The van der Waals surface area contributed by atoms with E-state index in [4.69, 9.17) is 0 Å². The van der Waals surface area contributed by atoms with Gasteiger partial charge in [0.25, 0.3) is 0 Å². The van der Waals surface area contributed by atoms with Crippen molar-refractivity contribution in [3.05, 3.63) is 11.1 Å². The number of hydrogen-bond donors (Lipinski definition) is 1. The monoisotopic (exact) mass is 203 g/mol. The summed E-state index contributed by atoms with van der Waals surface area (Å²) in [4.78, 5) is 0. The third-order valence-electron chi connectivity index (χ3n) is 3.27. The zero-order valence-electron chi connectivity index (χ0n) is 9.24. The molecule has 0 spiro atoms. The van der Waals surface area contributed by atoms with Gasteiger partial charge >= 0.3 is 0 Å². The summed E-state index contributed by atoms with van der Waals surface area (Å²) in [5.74, 6) is 0. The van der Waals surface area contributed by atoms with Crippen molar-refractivity contribution >= 4 is 12.4 Å². The Kier molecular flexibility index (Phi) is 5.01. The number of halogens is 1. The predicted molar refractivity (Wildman–Crippen MR) is 61.5 cm³/mol. The van der Waals surface area contributed by atoms with Crippen LogP contribution in [0.15, 0.2) is 11.1 Å². The van der Waals surface area contributed by atoms with Crippen LogP contribution in [0.2, 0.25) is 0 Å². The molecule has 0 amide bonds. The first-order valence-corrected chi connectivity index (χ1v) is 4.91. The summed E-state index contributed by atoms with van der Waals surface area (Å²) < 4.78 is 0. The molecule has 0 heterocycles. The largest absolute Gasteiger partial charge is 0.319 e. The Morgan fingerprint density at radius 3 is 2.38 bits per heavy atom. The average molecular weight is 204 g/mol. The van der Waals surface area contributed by atoms with E-state index in [1.54, 1.807) is 11.1 Å². The van der Waals surface area contributed by atoms with Crippen LogP contribution in [0.3, 0.4) is 0 Å². The highest BCUT2D eigenvalue weighted by molar-refractivity contribution is 5.85. The van der Waals surface area contributed by atoms with Gasteiger partial charge in [0, 0.05) is 0 Å². The Hall–Kier alpha value is -0.0100. The molecule has 1 aliphatic carbocycles. The van der Waals surface area contributed by atoms with Gasteiger partial charge in [0.2, 0.25) is 0 Å². The maximum Gasteiger partial charge on any atom is -0.00145 e. The minimum atomic E-state index is 0. The lowest BCUT2D eigenvalue weighted by atomic mass is 9.86. The molecule has 1 rings (SSSR count). The van der Waals surface area contributed by atoms with E-state index in [1.807, 2.05) is 7.05 Å². The molecule has 0 saturated heterocycles. The van der Waals surface area contributed by atoms with Crippen LogP contribution in [-0.4, -0.2) is 13.6 Å². The van der Waals surface area contributed by atoms with Gasteiger partial charge in [-0.3, -0.25) is 0 Å². The van der Waals surface area contributed by atoms with Gasteiger partial charge in [0.15, 0.2) is 0 Å². The molecule has 0 saturated carbocycles. The van der Waals surface area contributed by atoms with Crippen LogP contribution in [0.5, 0.6) is 0 Å². The van der Waals surface area contributed by atoms with Gasteiger partial charge < -0.3 is 5.32 Å². The molecule has 13 heavy (non-hydrogen) atoms. The van der Waals surface area contributed by atoms with Crippen LogP contribution in [0.25, 0.3) is 0 Å². The first-order chi connectivity index (χ1) is 5.58. The van der Waals surface area contributed by atoms with E-state index in [2.05, 4.69) is 26.1 Å². The minimum absolute atomic E-state index is 0. The maximum atomic E-state index is 3.21. The molecule has 78 valence electrons. The Morgan fingerprint density at radius 2 is 2.00 bits per heavy atom. The van der Waals surface area contributed by atoms with Crippen molar-refractivity contribution in [1.82, 2.24) is 5.32 Å². The van der Waals surface area contributed by atoms with Crippen molar-refractivity contribution in [2.24, 2.45) is 5.41 Å². The highest BCUT2D eigenvalue weighted by atomic mass is 35.5. The molecular formula is C11H22ClN. The lowest BCUT2D eigenvalue weighted by Crippen LogP contribution is -2.09. The molecule has 1 N–H and O–H groups in total. The molecule has 0 aromatic rings. The van der Waals surface area contributed by atoms with E-state index in [9.17, 15) is 0 Å². The fraction of sp³-hybridized carbons (Fsp3) is 0.818. The zero-order valence-corrected chi connectivity index (χ0v) is 10.1. The first kappa shape index (κ1) is 13.0. The van der Waals surface area contributed by atoms with Gasteiger partial charge in [-0.2, -0.15) is 0 Å². The summed E-state index contributed by atoms with van der Waals surface area (Å²) in [6.45, 7) is 8.14. The Morgan fingerprint density at radius 1 is 1.38 bits per heavy atom. The molecule has 0 aliphatic heterocycles. The third kappa shape index (κ3) is 2.99. The summed E-state index contributed by atoms with van der Waals surface area (Å²) in [6.07, 6.45) is 3.91.